The predicted molar refractivity (Wildman–Crippen MR) is 65.2 cm³/mol. The smallest absolute Gasteiger partial charge is 0.186 e. The van der Waals surface area contributed by atoms with Gasteiger partial charge in [-0.2, -0.15) is 0 Å². The summed E-state index contributed by atoms with van der Waals surface area (Å²) in [5, 5.41) is 3.16. The molecule has 0 amide bonds. The molecule has 17 heavy (non-hydrogen) atoms. The highest BCUT2D eigenvalue weighted by Crippen LogP contribution is 2.40. The molecule has 0 saturated heterocycles. The van der Waals surface area contributed by atoms with Crippen LogP contribution in [0.3, 0.4) is 0 Å². The molecule has 94 valence electrons. The van der Waals surface area contributed by atoms with Gasteiger partial charge >= 0.3 is 0 Å². The van der Waals surface area contributed by atoms with Crippen molar-refractivity contribution in [2.45, 2.75) is 38.6 Å². The highest BCUT2D eigenvalue weighted by molar-refractivity contribution is 5.41. The molecule has 1 aliphatic carbocycles. The van der Waals surface area contributed by atoms with Crippen molar-refractivity contribution in [1.82, 2.24) is 9.97 Å². The Morgan fingerprint density at radius 3 is 2.76 bits per heavy atom. The number of nitrogens with zero attached hydrogens (tertiary/aromatic N) is 2. The topological polar surface area (TPSA) is 63.8 Å². The number of anilines is 1. The SMILES string of the molecule is CCc1ncnc(NC(C)(CN)C2CC2)c1F. The molecule has 0 radical (unpaired) electrons. The molecule has 1 aromatic rings. The molecule has 2 rings (SSSR count). The normalized spacial score (nSPS) is 18.8. The molecular weight excluding hydrogens is 219 g/mol. The molecule has 1 fully saturated rings. The largest absolute Gasteiger partial charge is 0.361 e. The Hall–Kier alpha value is -1.23. The van der Waals surface area contributed by atoms with Crippen LogP contribution < -0.4 is 11.1 Å². The molecule has 0 aliphatic heterocycles. The molecule has 4 nitrogen and oxygen atoms in total. The molecule has 1 aromatic heterocycles. The number of nitrogens with one attached hydrogen (secondary N) is 1. The van der Waals surface area contributed by atoms with Crippen LogP contribution in [0.25, 0.3) is 0 Å². The molecule has 1 heterocycles. The summed E-state index contributed by atoms with van der Waals surface area (Å²) >= 11 is 0. The van der Waals surface area contributed by atoms with Crippen LogP contribution in [0, 0.1) is 11.7 Å². The Kier molecular flexibility index (Phi) is 3.28. The molecule has 1 atom stereocenters. The van der Waals surface area contributed by atoms with E-state index in [-0.39, 0.29) is 17.2 Å². The van der Waals surface area contributed by atoms with Crippen LogP contribution in [-0.4, -0.2) is 22.1 Å². The summed E-state index contributed by atoms with van der Waals surface area (Å²) in [4.78, 5) is 7.89. The Morgan fingerprint density at radius 2 is 2.24 bits per heavy atom. The van der Waals surface area contributed by atoms with Gasteiger partial charge in [0.25, 0.3) is 0 Å². The minimum Gasteiger partial charge on any atom is -0.361 e. The van der Waals surface area contributed by atoms with Crippen molar-refractivity contribution in [2.75, 3.05) is 11.9 Å². The van der Waals surface area contributed by atoms with E-state index >= 15 is 0 Å². The molecular formula is C12H19FN4. The molecule has 0 aromatic carbocycles. The van der Waals surface area contributed by atoms with Crippen molar-refractivity contribution in [2.24, 2.45) is 11.7 Å². The second kappa shape index (κ2) is 4.56. The quantitative estimate of drug-likeness (QED) is 0.819. The lowest BCUT2D eigenvalue weighted by Gasteiger charge is -2.30. The average Bonchev–Trinajstić information content (AvgIpc) is 3.16. The lowest BCUT2D eigenvalue weighted by atomic mass is 9.96. The number of hydrogen-bond donors (Lipinski definition) is 2. The fraction of sp³-hybridized carbons (Fsp3) is 0.667. The summed E-state index contributed by atoms with van der Waals surface area (Å²) in [6.07, 6.45) is 4.25. The van der Waals surface area contributed by atoms with Crippen LogP contribution in [0.4, 0.5) is 10.2 Å². The van der Waals surface area contributed by atoms with Gasteiger partial charge in [0.1, 0.15) is 6.33 Å². The fourth-order valence-electron chi connectivity index (χ4n) is 2.05. The third-order valence-corrected chi connectivity index (χ3v) is 3.50. The summed E-state index contributed by atoms with van der Waals surface area (Å²) in [5.41, 5.74) is 5.97. The van der Waals surface area contributed by atoms with Crippen molar-refractivity contribution in [3.63, 3.8) is 0 Å². The van der Waals surface area contributed by atoms with Crippen molar-refractivity contribution in [3.05, 3.63) is 17.8 Å². The Balaban J connectivity index is 2.22. The Labute approximate surface area is 101 Å². The van der Waals surface area contributed by atoms with Crippen LogP contribution in [0.1, 0.15) is 32.4 Å². The first-order chi connectivity index (χ1) is 8.10. The van der Waals surface area contributed by atoms with Crippen molar-refractivity contribution in [1.29, 1.82) is 0 Å². The summed E-state index contributed by atoms with van der Waals surface area (Å²) in [6, 6.07) is 0. The van der Waals surface area contributed by atoms with E-state index in [9.17, 15) is 4.39 Å². The number of halogens is 1. The van der Waals surface area contributed by atoms with Gasteiger partial charge in [-0.3, -0.25) is 0 Å². The van der Waals surface area contributed by atoms with Crippen molar-refractivity contribution >= 4 is 5.82 Å². The first-order valence-electron chi connectivity index (χ1n) is 6.08. The van der Waals surface area contributed by atoms with Gasteiger partial charge in [-0.1, -0.05) is 6.92 Å². The maximum atomic E-state index is 14.0. The van der Waals surface area contributed by atoms with Crippen LogP contribution in [-0.2, 0) is 6.42 Å². The monoisotopic (exact) mass is 238 g/mol. The average molecular weight is 238 g/mol. The standard InChI is InChI=1S/C12H19FN4/c1-3-9-10(13)11(16-7-15-9)17-12(2,6-14)8-4-5-8/h7-8H,3-6,14H2,1-2H3,(H,15,16,17). The van der Waals surface area contributed by atoms with Crippen LogP contribution in [0.5, 0.6) is 0 Å². The van der Waals surface area contributed by atoms with E-state index in [4.69, 9.17) is 5.73 Å². The second-order valence-electron chi connectivity index (χ2n) is 4.86. The molecule has 1 aliphatic rings. The lowest BCUT2D eigenvalue weighted by Crippen LogP contribution is -2.45. The van der Waals surface area contributed by atoms with Gasteiger partial charge in [0.05, 0.1) is 11.2 Å². The first-order valence-corrected chi connectivity index (χ1v) is 6.08. The molecule has 0 bridgehead atoms. The molecule has 1 unspecified atom stereocenters. The fourth-order valence-corrected chi connectivity index (χ4v) is 2.05. The maximum absolute atomic E-state index is 14.0. The summed E-state index contributed by atoms with van der Waals surface area (Å²) in [6.45, 7) is 4.37. The highest BCUT2D eigenvalue weighted by Gasteiger charge is 2.41. The molecule has 5 heteroatoms. The molecule has 1 saturated carbocycles. The first kappa shape index (κ1) is 12.2. The van der Waals surface area contributed by atoms with Crippen LogP contribution in [0.15, 0.2) is 6.33 Å². The van der Waals surface area contributed by atoms with Gasteiger partial charge in [-0.25, -0.2) is 14.4 Å². The zero-order chi connectivity index (χ0) is 12.5. The van der Waals surface area contributed by atoms with E-state index in [1.165, 1.54) is 6.33 Å². The minimum absolute atomic E-state index is 0.264. The van der Waals surface area contributed by atoms with E-state index < -0.39 is 0 Å². The third-order valence-electron chi connectivity index (χ3n) is 3.50. The van der Waals surface area contributed by atoms with Gasteiger partial charge in [0.15, 0.2) is 11.6 Å². The number of aryl methyl sites for hydroxylation is 1. The Morgan fingerprint density at radius 1 is 1.53 bits per heavy atom. The van der Waals surface area contributed by atoms with E-state index in [0.717, 1.165) is 12.8 Å². The molecule has 3 N–H and O–H groups in total. The maximum Gasteiger partial charge on any atom is 0.186 e. The number of rotatable bonds is 5. The second-order valence-corrected chi connectivity index (χ2v) is 4.86. The lowest BCUT2D eigenvalue weighted by molar-refractivity contribution is 0.452. The number of nitrogens with two attached hydrogens (primary N) is 1. The van der Waals surface area contributed by atoms with Crippen molar-refractivity contribution < 1.29 is 4.39 Å². The number of aromatic nitrogens is 2. The van der Waals surface area contributed by atoms with Gasteiger partial charge in [0.2, 0.25) is 0 Å². The summed E-state index contributed by atoms with van der Waals surface area (Å²) in [7, 11) is 0. The number of hydrogen-bond acceptors (Lipinski definition) is 4. The molecule has 0 spiro atoms. The predicted octanol–water partition coefficient (Wildman–Crippen LogP) is 1.72. The van der Waals surface area contributed by atoms with E-state index in [2.05, 4.69) is 15.3 Å². The Bertz CT molecular complexity index is 405. The third kappa shape index (κ3) is 2.39. The van der Waals surface area contributed by atoms with E-state index in [1.807, 2.05) is 13.8 Å². The van der Waals surface area contributed by atoms with Gasteiger partial charge in [-0.15, -0.1) is 0 Å². The van der Waals surface area contributed by atoms with E-state index in [0.29, 0.717) is 24.6 Å². The van der Waals surface area contributed by atoms with Gasteiger partial charge in [-0.05, 0) is 32.1 Å². The van der Waals surface area contributed by atoms with E-state index in [1.54, 1.807) is 0 Å². The van der Waals surface area contributed by atoms with Crippen molar-refractivity contribution in [3.8, 4) is 0 Å². The minimum atomic E-state index is -0.352. The highest BCUT2D eigenvalue weighted by atomic mass is 19.1. The van der Waals surface area contributed by atoms with Crippen LogP contribution in [0.2, 0.25) is 0 Å². The van der Waals surface area contributed by atoms with Gasteiger partial charge < -0.3 is 11.1 Å². The summed E-state index contributed by atoms with van der Waals surface area (Å²) in [5.74, 6) is 0.443. The zero-order valence-corrected chi connectivity index (χ0v) is 10.3. The van der Waals surface area contributed by atoms with Gasteiger partial charge in [0, 0.05) is 6.54 Å². The summed E-state index contributed by atoms with van der Waals surface area (Å²) < 4.78 is 14.0. The van der Waals surface area contributed by atoms with Crippen LogP contribution >= 0.6 is 0 Å². The zero-order valence-electron chi connectivity index (χ0n) is 10.3.